The molecule has 3 rings (SSSR count). The fourth-order valence-corrected chi connectivity index (χ4v) is 4.26. The van der Waals surface area contributed by atoms with Gasteiger partial charge in [-0.1, -0.05) is 6.07 Å². The van der Waals surface area contributed by atoms with Gasteiger partial charge in [0, 0.05) is 11.4 Å². The Morgan fingerprint density at radius 3 is 2.90 bits per heavy atom. The lowest BCUT2D eigenvalue weighted by molar-refractivity contribution is -0.143. The van der Waals surface area contributed by atoms with Crippen molar-refractivity contribution in [3.63, 3.8) is 0 Å². The molecule has 2 aliphatic rings. The summed E-state index contributed by atoms with van der Waals surface area (Å²) < 4.78 is 31.6. The number of carbonyl (C=O) groups excluding carboxylic acids is 2. The van der Waals surface area contributed by atoms with Gasteiger partial charge in [0.25, 0.3) is 5.91 Å². The summed E-state index contributed by atoms with van der Waals surface area (Å²) in [6.07, 6.45) is 0.336. The molecule has 2 N–H and O–H groups in total. The molecule has 2 aliphatic heterocycles. The van der Waals surface area contributed by atoms with Crippen molar-refractivity contribution in [2.45, 2.75) is 25.0 Å². The molecule has 3 amide bonds. The van der Waals surface area contributed by atoms with E-state index in [1.807, 2.05) is 17.5 Å². The zero-order valence-electron chi connectivity index (χ0n) is 10.8. The van der Waals surface area contributed by atoms with Crippen molar-refractivity contribution in [3.05, 3.63) is 22.4 Å². The molecule has 0 radical (unpaired) electrons. The Hall–Kier alpha value is -1.65. The highest BCUT2D eigenvalue weighted by Gasteiger charge is 2.59. The third kappa shape index (κ3) is 2.39. The second-order valence-electron chi connectivity index (χ2n) is 4.84. The van der Waals surface area contributed by atoms with Crippen LogP contribution in [0.2, 0.25) is 0 Å². The monoisotopic (exact) mass is 331 g/mol. The summed E-state index contributed by atoms with van der Waals surface area (Å²) >= 11 is 1.51. The van der Waals surface area contributed by atoms with Crippen LogP contribution < -0.4 is 5.32 Å². The largest absolute Gasteiger partial charge is 0.362 e. The van der Waals surface area contributed by atoms with Crippen LogP contribution in [-0.2, 0) is 21.6 Å². The first-order chi connectivity index (χ1) is 9.89. The first kappa shape index (κ1) is 14.3. The number of hydrogen-bond acceptors (Lipinski definition) is 5. The molecule has 2 fully saturated rings. The van der Waals surface area contributed by atoms with Gasteiger partial charge < -0.3 is 10.2 Å². The van der Waals surface area contributed by atoms with Gasteiger partial charge >= 0.3 is 16.3 Å². The number of thiophene rings is 1. The molecule has 10 heteroatoms. The van der Waals surface area contributed by atoms with Gasteiger partial charge in [0.2, 0.25) is 0 Å². The number of β-lactam (4-membered cyclic amide) rings is 1. The van der Waals surface area contributed by atoms with Gasteiger partial charge in [0.05, 0.1) is 12.6 Å². The molecule has 0 aromatic carbocycles. The lowest BCUT2D eigenvalue weighted by Crippen LogP contribution is -2.68. The fourth-order valence-electron chi connectivity index (χ4n) is 2.72. The minimum Gasteiger partial charge on any atom is -0.333 e. The number of fused-ring (bicyclic) bond motifs is 1. The third-order valence-corrected chi connectivity index (χ3v) is 5.47. The number of nitrogens with one attached hydrogen (secondary N) is 1. The molecule has 0 bridgehead atoms. The maximum Gasteiger partial charge on any atom is 0.362 e. The Bertz CT molecular complexity index is 672. The average Bonchev–Trinajstić information content (AvgIpc) is 3.00. The van der Waals surface area contributed by atoms with Gasteiger partial charge in [-0.05, 0) is 17.9 Å². The summed E-state index contributed by atoms with van der Waals surface area (Å²) in [7, 11) is -4.54. The molecule has 3 heterocycles. The van der Waals surface area contributed by atoms with Gasteiger partial charge in [-0.25, -0.2) is 9.10 Å². The van der Waals surface area contributed by atoms with Crippen molar-refractivity contribution >= 4 is 33.6 Å². The van der Waals surface area contributed by atoms with Crippen LogP contribution in [0.5, 0.6) is 0 Å². The molecule has 21 heavy (non-hydrogen) atoms. The van der Waals surface area contributed by atoms with Crippen LogP contribution in [-0.4, -0.2) is 52.7 Å². The summed E-state index contributed by atoms with van der Waals surface area (Å²) in [6.45, 7) is 0.643. The number of likely N-dealkylation sites (tertiary alicyclic amines) is 1. The van der Waals surface area contributed by atoms with Gasteiger partial charge in [-0.3, -0.25) is 9.35 Å². The summed E-state index contributed by atoms with van der Waals surface area (Å²) in [4.78, 5) is 26.2. The van der Waals surface area contributed by atoms with Crippen LogP contribution in [0.3, 0.4) is 0 Å². The first-order valence-corrected chi connectivity index (χ1v) is 8.55. The Labute approximate surface area is 125 Å². The van der Waals surface area contributed by atoms with E-state index in [2.05, 4.69) is 5.32 Å². The Morgan fingerprint density at radius 2 is 2.29 bits per heavy atom. The van der Waals surface area contributed by atoms with Gasteiger partial charge in [-0.15, -0.1) is 11.3 Å². The van der Waals surface area contributed by atoms with E-state index in [1.165, 1.54) is 16.2 Å². The summed E-state index contributed by atoms with van der Waals surface area (Å²) in [5.41, 5.74) is 0. The van der Waals surface area contributed by atoms with E-state index < -0.39 is 34.3 Å². The molecule has 0 unspecified atom stereocenters. The Kier molecular flexibility index (Phi) is 3.38. The lowest BCUT2D eigenvalue weighted by atomic mass is 10.0. The molecule has 2 atom stereocenters. The Morgan fingerprint density at radius 1 is 1.52 bits per heavy atom. The van der Waals surface area contributed by atoms with E-state index >= 15 is 0 Å². The van der Waals surface area contributed by atoms with E-state index in [0.717, 1.165) is 4.88 Å². The molecule has 8 nitrogen and oxygen atoms in total. The highest BCUT2D eigenvalue weighted by Crippen LogP contribution is 2.35. The second kappa shape index (κ2) is 4.97. The fraction of sp³-hybridized carbons (Fsp3) is 0.455. The van der Waals surface area contributed by atoms with Crippen LogP contribution in [0.15, 0.2) is 17.5 Å². The predicted octanol–water partition coefficient (Wildman–Crippen LogP) is 0.0456. The van der Waals surface area contributed by atoms with E-state index in [1.54, 1.807) is 0 Å². The lowest BCUT2D eigenvalue weighted by Gasteiger charge is -2.42. The SMILES string of the molecule is O=C(NCc1cccs1)N1CC[C@@H]2[C@H]1C(=O)N2S(=O)(=O)O. The van der Waals surface area contributed by atoms with Crippen LogP contribution in [0.4, 0.5) is 4.79 Å². The minimum absolute atomic E-state index is 0.281. The molecular weight excluding hydrogens is 318 g/mol. The zero-order chi connectivity index (χ0) is 15.2. The van der Waals surface area contributed by atoms with Crippen molar-refractivity contribution in [2.75, 3.05) is 6.54 Å². The normalized spacial score (nSPS) is 24.7. The van der Waals surface area contributed by atoms with Crippen LogP contribution >= 0.6 is 11.3 Å². The Balaban J connectivity index is 1.64. The zero-order valence-corrected chi connectivity index (χ0v) is 12.4. The molecule has 114 valence electrons. The third-order valence-electron chi connectivity index (χ3n) is 3.64. The van der Waals surface area contributed by atoms with Crippen molar-refractivity contribution in [1.82, 2.24) is 14.5 Å². The van der Waals surface area contributed by atoms with Gasteiger partial charge in [0.15, 0.2) is 0 Å². The number of rotatable bonds is 3. The predicted molar refractivity (Wildman–Crippen MR) is 73.8 cm³/mol. The van der Waals surface area contributed by atoms with Crippen LogP contribution in [0, 0.1) is 0 Å². The number of amides is 3. The average molecular weight is 331 g/mol. The highest BCUT2D eigenvalue weighted by atomic mass is 32.2. The smallest absolute Gasteiger partial charge is 0.333 e. The molecule has 0 spiro atoms. The van der Waals surface area contributed by atoms with E-state index in [-0.39, 0.29) is 6.54 Å². The first-order valence-electron chi connectivity index (χ1n) is 6.27. The van der Waals surface area contributed by atoms with Gasteiger partial charge in [0.1, 0.15) is 6.04 Å². The molecule has 0 aliphatic carbocycles. The van der Waals surface area contributed by atoms with Crippen LogP contribution in [0.25, 0.3) is 0 Å². The maximum atomic E-state index is 12.1. The molecule has 0 saturated carbocycles. The van der Waals surface area contributed by atoms with Crippen molar-refractivity contribution in [2.24, 2.45) is 0 Å². The van der Waals surface area contributed by atoms with Gasteiger partial charge in [-0.2, -0.15) is 8.42 Å². The summed E-state index contributed by atoms with van der Waals surface area (Å²) in [6, 6.07) is 1.90. The molecular formula is C11H13N3O5S2. The van der Waals surface area contributed by atoms with Crippen molar-refractivity contribution in [1.29, 1.82) is 0 Å². The van der Waals surface area contributed by atoms with Crippen molar-refractivity contribution < 1.29 is 22.6 Å². The quantitative estimate of drug-likeness (QED) is 0.601. The maximum absolute atomic E-state index is 12.1. The number of hydrogen-bond donors (Lipinski definition) is 2. The van der Waals surface area contributed by atoms with E-state index in [0.29, 0.717) is 17.3 Å². The van der Waals surface area contributed by atoms with Crippen molar-refractivity contribution in [3.8, 4) is 0 Å². The van der Waals surface area contributed by atoms with E-state index in [4.69, 9.17) is 4.55 Å². The molecule has 2 saturated heterocycles. The molecule has 1 aromatic heterocycles. The second-order valence-corrected chi connectivity index (χ2v) is 7.17. The summed E-state index contributed by atoms with van der Waals surface area (Å²) in [5.74, 6) is -0.758. The minimum atomic E-state index is -4.54. The number of urea groups is 1. The highest BCUT2D eigenvalue weighted by molar-refractivity contribution is 7.84. The van der Waals surface area contributed by atoms with Crippen LogP contribution in [0.1, 0.15) is 11.3 Å². The van der Waals surface area contributed by atoms with E-state index in [9.17, 15) is 18.0 Å². The summed E-state index contributed by atoms with van der Waals surface area (Å²) in [5, 5.41) is 4.60. The topological polar surface area (TPSA) is 107 Å². The standard InChI is InChI=1S/C11H13N3O5S2/c15-10-9-8(14(10)21(17,18)19)3-4-13(9)11(16)12-6-7-2-1-5-20-7/h1-2,5,8-9H,3-4,6H2,(H,12,16)(H,17,18,19)/t8-,9+/m1/s1. The molecule has 1 aromatic rings. The number of nitrogens with zero attached hydrogens (tertiary/aromatic N) is 2. The number of carbonyl (C=O) groups is 2.